The standard InChI is InChI=1S/C12H23N3O2/c1-2-17-11(16)12(3-5-13-6-4-12)15-9-7-14-8-10-15/h13-14H,2-10H2,1H3. The first-order valence-electron chi connectivity index (χ1n) is 6.63. The van der Waals surface area contributed by atoms with E-state index < -0.39 is 0 Å². The third kappa shape index (κ3) is 2.61. The lowest BCUT2D eigenvalue weighted by atomic mass is 9.86. The van der Waals surface area contributed by atoms with Crippen LogP contribution in [0.15, 0.2) is 0 Å². The Hall–Kier alpha value is -0.650. The van der Waals surface area contributed by atoms with Gasteiger partial charge < -0.3 is 15.4 Å². The molecule has 0 radical (unpaired) electrons. The van der Waals surface area contributed by atoms with E-state index in [0.717, 1.165) is 52.1 Å². The van der Waals surface area contributed by atoms with Crippen molar-refractivity contribution in [2.75, 3.05) is 45.9 Å². The lowest BCUT2D eigenvalue weighted by Gasteiger charge is -2.46. The van der Waals surface area contributed by atoms with E-state index in [1.54, 1.807) is 0 Å². The molecule has 2 rings (SSSR count). The maximum atomic E-state index is 12.3. The van der Waals surface area contributed by atoms with E-state index in [1.807, 2.05) is 6.92 Å². The molecule has 0 unspecified atom stereocenters. The first-order chi connectivity index (χ1) is 8.29. The average molecular weight is 241 g/mol. The minimum atomic E-state index is -0.372. The van der Waals surface area contributed by atoms with Gasteiger partial charge in [-0.15, -0.1) is 0 Å². The Kier molecular flexibility index (Phi) is 4.36. The van der Waals surface area contributed by atoms with Crippen LogP contribution in [0.3, 0.4) is 0 Å². The Morgan fingerprint density at radius 1 is 1.18 bits per heavy atom. The summed E-state index contributed by atoms with van der Waals surface area (Å²) in [7, 11) is 0. The SMILES string of the molecule is CCOC(=O)C1(N2CCNCC2)CCNCC1. The highest BCUT2D eigenvalue weighted by molar-refractivity contribution is 5.81. The maximum Gasteiger partial charge on any atom is 0.326 e. The number of piperidine rings is 1. The van der Waals surface area contributed by atoms with E-state index >= 15 is 0 Å². The second-order valence-electron chi connectivity index (χ2n) is 4.74. The van der Waals surface area contributed by atoms with Gasteiger partial charge in [0.25, 0.3) is 0 Å². The van der Waals surface area contributed by atoms with E-state index in [9.17, 15) is 4.79 Å². The van der Waals surface area contributed by atoms with Crippen LogP contribution in [0.25, 0.3) is 0 Å². The zero-order chi connectivity index (χ0) is 12.1. The fraction of sp³-hybridized carbons (Fsp3) is 0.917. The maximum absolute atomic E-state index is 12.3. The minimum Gasteiger partial charge on any atom is -0.465 e. The van der Waals surface area contributed by atoms with Crippen LogP contribution in [0.1, 0.15) is 19.8 Å². The molecule has 0 atom stereocenters. The van der Waals surface area contributed by atoms with Crippen molar-refractivity contribution >= 4 is 5.97 Å². The number of rotatable bonds is 3. The summed E-state index contributed by atoms with van der Waals surface area (Å²) in [5, 5.41) is 6.66. The van der Waals surface area contributed by atoms with Crippen LogP contribution in [-0.4, -0.2) is 62.3 Å². The largest absolute Gasteiger partial charge is 0.465 e. The van der Waals surface area contributed by atoms with E-state index in [-0.39, 0.29) is 11.5 Å². The van der Waals surface area contributed by atoms with Gasteiger partial charge in [0.05, 0.1) is 6.61 Å². The molecule has 5 nitrogen and oxygen atoms in total. The molecule has 0 spiro atoms. The van der Waals surface area contributed by atoms with E-state index in [1.165, 1.54) is 0 Å². The predicted molar refractivity (Wildman–Crippen MR) is 65.9 cm³/mol. The van der Waals surface area contributed by atoms with Crippen molar-refractivity contribution in [3.8, 4) is 0 Å². The van der Waals surface area contributed by atoms with Crippen LogP contribution < -0.4 is 10.6 Å². The van der Waals surface area contributed by atoms with Crippen molar-refractivity contribution in [3.63, 3.8) is 0 Å². The molecule has 2 aliphatic heterocycles. The molecule has 2 N–H and O–H groups in total. The number of hydrogen-bond donors (Lipinski definition) is 2. The van der Waals surface area contributed by atoms with Crippen LogP contribution >= 0.6 is 0 Å². The Labute approximate surface area is 103 Å². The third-order valence-electron chi connectivity index (χ3n) is 3.81. The minimum absolute atomic E-state index is 0.0246. The van der Waals surface area contributed by atoms with Crippen LogP contribution in [0.2, 0.25) is 0 Å². The molecule has 0 aromatic heterocycles. The van der Waals surface area contributed by atoms with Gasteiger partial charge in [-0.05, 0) is 32.9 Å². The lowest BCUT2D eigenvalue weighted by molar-refractivity contribution is -0.161. The molecule has 0 aliphatic carbocycles. The van der Waals surface area contributed by atoms with E-state index in [0.29, 0.717) is 6.61 Å². The van der Waals surface area contributed by atoms with Gasteiger partial charge in [-0.25, -0.2) is 0 Å². The first-order valence-corrected chi connectivity index (χ1v) is 6.63. The van der Waals surface area contributed by atoms with Gasteiger partial charge in [0, 0.05) is 26.2 Å². The monoisotopic (exact) mass is 241 g/mol. The number of carbonyl (C=O) groups is 1. The zero-order valence-electron chi connectivity index (χ0n) is 10.6. The van der Waals surface area contributed by atoms with Crippen molar-refractivity contribution in [2.24, 2.45) is 0 Å². The Morgan fingerprint density at radius 3 is 2.35 bits per heavy atom. The zero-order valence-corrected chi connectivity index (χ0v) is 10.6. The molecule has 2 aliphatic rings. The fourth-order valence-corrected chi connectivity index (χ4v) is 2.85. The van der Waals surface area contributed by atoms with Crippen molar-refractivity contribution in [3.05, 3.63) is 0 Å². The predicted octanol–water partition coefficient (Wildman–Crippen LogP) is -0.423. The highest BCUT2D eigenvalue weighted by Crippen LogP contribution is 2.28. The highest BCUT2D eigenvalue weighted by atomic mass is 16.5. The summed E-state index contributed by atoms with van der Waals surface area (Å²) in [6.07, 6.45) is 1.73. The summed E-state index contributed by atoms with van der Waals surface area (Å²) in [6.45, 7) is 7.98. The van der Waals surface area contributed by atoms with Gasteiger partial charge in [-0.2, -0.15) is 0 Å². The van der Waals surface area contributed by atoms with Gasteiger partial charge in [-0.1, -0.05) is 0 Å². The molecule has 0 aromatic rings. The molecule has 98 valence electrons. The number of nitrogens with one attached hydrogen (secondary N) is 2. The van der Waals surface area contributed by atoms with Gasteiger partial charge in [-0.3, -0.25) is 9.69 Å². The molecule has 17 heavy (non-hydrogen) atoms. The highest BCUT2D eigenvalue weighted by Gasteiger charge is 2.46. The quantitative estimate of drug-likeness (QED) is 0.657. The summed E-state index contributed by atoms with van der Waals surface area (Å²) in [5.41, 5.74) is -0.372. The summed E-state index contributed by atoms with van der Waals surface area (Å²) < 4.78 is 5.31. The second kappa shape index (κ2) is 5.80. The number of piperazine rings is 1. The molecular weight excluding hydrogens is 218 g/mol. The van der Waals surface area contributed by atoms with E-state index in [2.05, 4.69) is 15.5 Å². The molecule has 0 saturated carbocycles. The fourth-order valence-electron chi connectivity index (χ4n) is 2.85. The third-order valence-corrected chi connectivity index (χ3v) is 3.81. The lowest BCUT2D eigenvalue weighted by Crippen LogP contribution is -2.64. The molecule has 2 saturated heterocycles. The van der Waals surface area contributed by atoms with Crippen LogP contribution in [0.5, 0.6) is 0 Å². The Morgan fingerprint density at radius 2 is 1.76 bits per heavy atom. The van der Waals surface area contributed by atoms with Crippen LogP contribution in [0.4, 0.5) is 0 Å². The first kappa shape index (κ1) is 12.8. The van der Waals surface area contributed by atoms with Gasteiger partial charge in [0.15, 0.2) is 0 Å². The van der Waals surface area contributed by atoms with Crippen molar-refractivity contribution in [1.29, 1.82) is 0 Å². The van der Waals surface area contributed by atoms with Crippen LogP contribution in [0, 0.1) is 0 Å². The molecule has 2 heterocycles. The van der Waals surface area contributed by atoms with E-state index in [4.69, 9.17) is 4.74 Å². The van der Waals surface area contributed by atoms with Crippen molar-refractivity contribution in [1.82, 2.24) is 15.5 Å². The van der Waals surface area contributed by atoms with Gasteiger partial charge >= 0.3 is 5.97 Å². The molecule has 0 aromatic carbocycles. The Balaban J connectivity index is 2.12. The molecule has 0 amide bonds. The number of carbonyl (C=O) groups excluding carboxylic acids is 1. The van der Waals surface area contributed by atoms with Crippen LogP contribution in [-0.2, 0) is 9.53 Å². The molecule has 2 fully saturated rings. The second-order valence-corrected chi connectivity index (χ2v) is 4.74. The van der Waals surface area contributed by atoms with Crippen molar-refractivity contribution in [2.45, 2.75) is 25.3 Å². The Bertz CT molecular complexity index is 258. The van der Waals surface area contributed by atoms with Gasteiger partial charge in [0.1, 0.15) is 5.54 Å². The smallest absolute Gasteiger partial charge is 0.326 e. The van der Waals surface area contributed by atoms with Crippen molar-refractivity contribution < 1.29 is 9.53 Å². The number of nitrogens with zero attached hydrogens (tertiary/aromatic N) is 1. The average Bonchev–Trinajstić information content (AvgIpc) is 2.41. The molecular formula is C12H23N3O2. The molecule has 0 bridgehead atoms. The van der Waals surface area contributed by atoms with Gasteiger partial charge in [0.2, 0.25) is 0 Å². The summed E-state index contributed by atoms with van der Waals surface area (Å²) in [4.78, 5) is 14.6. The normalized spacial score (nSPS) is 25.5. The number of esters is 1. The summed E-state index contributed by atoms with van der Waals surface area (Å²) >= 11 is 0. The number of ether oxygens (including phenoxy) is 1. The summed E-state index contributed by atoms with van der Waals surface area (Å²) in [5.74, 6) is -0.0246. The number of hydrogen-bond acceptors (Lipinski definition) is 5. The summed E-state index contributed by atoms with van der Waals surface area (Å²) in [6, 6.07) is 0. The molecule has 5 heteroatoms. The topological polar surface area (TPSA) is 53.6 Å².